The number of piperidine rings is 1. The number of halogens is 2. The average Bonchev–Trinajstić information content (AvgIpc) is 3.13. The minimum atomic E-state index is -0.581. The zero-order chi connectivity index (χ0) is 22.9. The maximum Gasteiger partial charge on any atom is 0.255 e. The minimum absolute atomic E-state index is 0.00542. The number of hydrogen-bond acceptors (Lipinski definition) is 5. The van der Waals surface area contributed by atoms with Crippen molar-refractivity contribution in [3.8, 4) is 17.3 Å². The van der Waals surface area contributed by atoms with Crippen molar-refractivity contribution in [2.45, 2.75) is 44.7 Å². The molecule has 2 aliphatic heterocycles. The molecule has 4 heterocycles. The van der Waals surface area contributed by atoms with E-state index >= 15 is 0 Å². The van der Waals surface area contributed by atoms with Gasteiger partial charge in [-0.05, 0) is 50.8 Å². The fourth-order valence-corrected chi connectivity index (χ4v) is 5.21. The lowest BCUT2D eigenvalue weighted by molar-refractivity contribution is 0.0400. The van der Waals surface area contributed by atoms with Crippen LogP contribution < -0.4 is 4.74 Å². The summed E-state index contributed by atoms with van der Waals surface area (Å²) < 4.78 is 19.8. The van der Waals surface area contributed by atoms with Gasteiger partial charge in [0.05, 0.1) is 17.2 Å². The molecule has 1 aromatic carbocycles. The number of hydrogen-bond donors (Lipinski definition) is 0. The number of ether oxygens (including phenoxy) is 1. The first-order valence-electron chi connectivity index (χ1n) is 11.2. The van der Waals surface area contributed by atoms with Gasteiger partial charge in [0, 0.05) is 42.2 Å². The van der Waals surface area contributed by atoms with E-state index in [4.69, 9.17) is 16.3 Å². The first-order chi connectivity index (χ1) is 16.0. The van der Waals surface area contributed by atoms with Gasteiger partial charge in [0.15, 0.2) is 11.6 Å². The zero-order valence-electron chi connectivity index (χ0n) is 18.2. The van der Waals surface area contributed by atoms with Crippen LogP contribution in [0.3, 0.4) is 0 Å². The van der Waals surface area contributed by atoms with E-state index in [0.29, 0.717) is 18.0 Å². The molecule has 0 saturated carbocycles. The Morgan fingerprint density at radius 2 is 1.94 bits per heavy atom. The van der Waals surface area contributed by atoms with Gasteiger partial charge in [0.25, 0.3) is 5.91 Å². The normalized spacial score (nSPS) is 21.8. The van der Waals surface area contributed by atoms with Gasteiger partial charge >= 0.3 is 0 Å². The molecule has 8 heteroatoms. The Hall–Kier alpha value is -3.06. The highest BCUT2D eigenvalue weighted by molar-refractivity contribution is 6.30. The Balaban J connectivity index is 1.39. The van der Waals surface area contributed by atoms with Gasteiger partial charge in [0.2, 0.25) is 5.88 Å². The lowest BCUT2D eigenvalue weighted by atomic mass is 9.89. The highest BCUT2D eigenvalue weighted by Crippen LogP contribution is 2.41. The SMILES string of the molecule is Cc1ccc(-c2ncccn2)c(C(=O)N2C3CCC(COc4ncc(Cl)cc4F)[C@@H]2CC3)c1. The number of rotatable bonds is 5. The summed E-state index contributed by atoms with van der Waals surface area (Å²) in [5, 5.41) is 0.226. The van der Waals surface area contributed by atoms with Crippen LogP contribution in [0.1, 0.15) is 41.6 Å². The lowest BCUT2D eigenvalue weighted by Crippen LogP contribution is -2.49. The van der Waals surface area contributed by atoms with Crippen molar-refractivity contribution in [2.75, 3.05) is 6.61 Å². The molecule has 2 fully saturated rings. The molecule has 0 N–H and O–H groups in total. The van der Waals surface area contributed by atoms with Gasteiger partial charge in [-0.3, -0.25) is 4.79 Å². The molecule has 1 amide bonds. The molecule has 2 bridgehead atoms. The summed E-state index contributed by atoms with van der Waals surface area (Å²) in [6, 6.07) is 8.99. The lowest BCUT2D eigenvalue weighted by Gasteiger charge is -2.40. The van der Waals surface area contributed by atoms with E-state index in [1.165, 1.54) is 12.3 Å². The van der Waals surface area contributed by atoms with Gasteiger partial charge in [0.1, 0.15) is 0 Å². The molecular weight excluding hydrogens is 443 g/mol. The van der Waals surface area contributed by atoms with Crippen LogP contribution in [0.2, 0.25) is 5.02 Å². The molecule has 33 heavy (non-hydrogen) atoms. The Morgan fingerprint density at radius 1 is 1.15 bits per heavy atom. The number of amides is 1. The maximum absolute atomic E-state index is 14.1. The third-order valence-electron chi connectivity index (χ3n) is 6.62. The fourth-order valence-electron chi connectivity index (χ4n) is 5.07. The smallest absolute Gasteiger partial charge is 0.255 e. The van der Waals surface area contributed by atoms with Crippen molar-refractivity contribution < 1.29 is 13.9 Å². The van der Waals surface area contributed by atoms with Crippen molar-refractivity contribution in [3.05, 3.63) is 70.9 Å². The summed E-state index contributed by atoms with van der Waals surface area (Å²) in [6.45, 7) is 2.27. The van der Waals surface area contributed by atoms with Gasteiger partial charge in [-0.25, -0.2) is 19.3 Å². The van der Waals surface area contributed by atoms with Crippen LogP contribution in [0.15, 0.2) is 48.9 Å². The molecule has 2 aromatic heterocycles. The van der Waals surface area contributed by atoms with E-state index in [-0.39, 0.29) is 34.8 Å². The van der Waals surface area contributed by atoms with Gasteiger partial charge in [-0.2, -0.15) is 0 Å². The topological polar surface area (TPSA) is 68.2 Å². The molecule has 3 atom stereocenters. The number of benzene rings is 1. The molecule has 2 saturated heterocycles. The van der Waals surface area contributed by atoms with Gasteiger partial charge in [-0.1, -0.05) is 29.3 Å². The summed E-state index contributed by atoms with van der Waals surface area (Å²) in [6.07, 6.45) is 8.42. The van der Waals surface area contributed by atoms with Gasteiger partial charge < -0.3 is 9.64 Å². The second-order valence-corrected chi connectivity index (χ2v) is 9.16. The third kappa shape index (κ3) is 4.29. The van der Waals surface area contributed by atoms with Crippen molar-refractivity contribution in [3.63, 3.8) is 0 Å². The number of nitrogens with zero attached hydrogens (tertiary/aromatic N) is 4. The Labute approximate surface area is 196 Å². The number of carbonyl (C=O) groups is 1. The standard InChI is InChI=1S/C25H24ClFN4O2/c1-15-3-7-19(23-28-9-2-10-29-23)20(11-15)25(32)31-18-5-4-16(22(31)8-6-18)14-33-24-21(27)12-17(26)13-30-24/h2-3,7,9-13,16,18,22H,4-6,8,14H2,1H3/t16?,18?,22-/m0/s1. The third-order valence-corrected chi connectivity index (χ3v) is 6.82. The minimum Gasteiger partial charge on any atom is -0.475 e. The predicted molar refractivity (Wildman–Crippen MR) is 123 cm³/mol. The summed E-state index contributed by atoms with van der Waals surface area (Å²) in [5.41, 5.74) is 2.35. The summed E-state index contributed by atoms with van der Waals surface area (Å²) in [5.74, 6) is -0.00302. The van der Waals surface area contributed by atoms with Crippen molar-refractivity contribution in [1.29, 1.82) is 0 Å². The van der Waals surface area contributed by atoms with Crippen LogP contribution in [0.4, 0.5) is 4.39 Å². The average molecular weight is 467 g/mol. The highest BCUT2D eigenvalue weighted by Gasteiger charge is 2.45. The van der Waals surface area contributed by atoms with E-state index in [2.05, 4.69) is 15.0 Å². The van der Waals surface area contributed by atoms with E-state index in [9.17, 15) is 9.18 Å². The molecule has 0 radical (unpaired) electrons. The van der Waals surface area contributed by atoms with Crippen LogP contribution >= 0.6 is 11.6 Å². The zero-order valence-corrected chi connectivity index (χ0v) is 19.0. The van der Waals surface area contributed by atoms with Crippen molar-refractivity contribution in [1.82, 2.24) is 19.9 Å². The van der Waals surface area contributed by atoms with Crippen LogP contribution in [-0.4, -0.2) is 44.4 Å². The Bertz CT molecular complexity index is 1180. The van der Waals surface area contributed by atoms with E-state index in [1.54, 1.807) is 18.5 Å². The molecular formula is C25H24ClFN4O2. The molecule has 2 unspecified atom stereocenters. The highest BCUT2D eigenvalue weighted by atomic mass is 35.5. The predicted octanol–water partition coefficient (Wildman–Crippen LogP) is 5.10. The monoisotopic (exact) mass is 466 g/mol. The first kappa shape index (κ1) is 21.8. The molecule has 5 rings (SSSR count). The van der Waals surface area contributed by atoms with E-state index < -0.39 is 5.82 Å². The molecule has 0 aliphatic carbocycles. The molecule has 6 nitrogen and oxygen atoms in total. The van der Waals surface area contributed by atoms with Crippen LogP contribution in [0.5, 0.6) is 5.88 Å². The summed E-state index contributed by atoms with van der Waals surface area (Å²) in [4.78, 5) is 28.6. The largest absolute Gasteiger partial charge is 0.475 e. The molecule has 0 spiro atoms. The second kappa shape index (κ2) is 9.06. The van der Waals surface area contributed by atoms with Crippen molar-refractivity contribution in [2.24, 2.45) is 5.92 Å². The van der Waals surface area contributed by atoms with Crippen LogP contribution in [0.25, 0.3) is 11.4 Å². The number of aryl methyl sites for hydroxylation is 1. The molecule has 2 aliphatic rings. The quantitative estimate of drug-likeness (QED) is 0.523. The molecule has 170 valence electrons. The van der Waals surface area contributed by atoms with Crippen LogP contribution in [-0.2, 0) is 0 Å². The maximum atomic E-state index is 14.1. The molecule has 3 aromatic rings. The number of aromatic nitrogens is 3. The second-order valence-electron chi connectivity index (χ2n) is 8.72. The Morgan fingerprint density at radius 3 is 2.73 bits per heavy atom. The Kier molecular flexibility index (Phi) is 5.98. The van der Waals surface area contributed by atoms with E-state index in [0.717, 1.165) is 36.8 Å². The van der Waals surface area contributed by atoms with Crippen LogP contribution in [0, 0.1) is 18.7 Å². The summed E-state index contributed by atoms with van der Waals surface area (Å²) in [7, 11) is 0. The van der Waals surface area contributed by atoms with E-state index in [1.807, 2.05) is 30.0 Å². The van der Waals surface area contributed by atoms with Crippen molar-refractivity contribution >= 4 is 17.5 Å². The fraction of sp³-hybridized carbons (Fsp3) is 0.360. The number of pyridine rings is 1. The number of carbonyl (C=O) groups excluding carboxylic acids is 1. The summed E-state index contributed by atoms with van der Waals surface area (Å²) >= 11 is 5.79. The first-order valence-corrected chi connectivity index (χ1v) is 11.5. The number of fused-ring (bicyclic) bond motifs is 2. The van der Waals surface area contributed by atoms with Gasteiger partial charge in [-0.15, -0.1) is 0 Å².